The Labute approximate surface area is 179 Å². The number of hydrogen-bond acceptors (Lipinski definition) is 5. The van der Waals surface area contributed by atoms with Gasteiger partial charge in [-0.3, -0.25) is 18.6 Å². The summed E-state index contributed by atoms with van der Waals surface area (Å²) < 4.78 is 3.43. The molecule has 2 aromatic heterocycles. The number of allylic oxidation sites excluding steroid dienone is 1. The molecule has 0 atom stereocenters. The second kappa shape index (κ2) is 9.04. The molecule has 8 heteroatoms. The maximum Gasteiger partial charge on any atom is 0.263 e. The number of amides is 1. The molecule has 4 rings (SSSR count). The lowest BCUT2D eigenvalue weighted by Gasteiger charge is -2.33. The summed E-state index contributed by atoms with van der Waals surface area (Å²) in [6, 6.07) is 7.78. The number of para-hydroxylation sites is 1. The van der Waals surface area contributed by atoms with E-state index in [4.69, 9.17) is 0 Å². The lowest BCUT2D eigenvalue weighted by molar-refractivity contribution is -0.131. The van der Waals surface area contributed by atoms with Crippen LogP contribution in [-0.4, -0.2) is 48.3 Å². The molecule has 0 spiro atoms. The second-order valence-corrected chi connectivity index (χ2v) is 8.54. The Morgan fingerprint density at radius 3 is 2.77 bits per heavy atom. The average molecular weight is 426 g/mol. The van der Waals surface area contributed by atoms with Gasteiger partial charge in [-0.2, -0.15) is 0 Å². The minimum atomic E-state index is -0.118. The Kier molecular flexibility index (Phi) is 6.22. The monoisotopic (exact) mass is 425 g/mol. The van der Waals surface area contributed by atoms with Gasteiger partial charge in [0.05, 0.1) is 16.7 Å². The normalized spacial score (nSPS) is 15.0. The number of aromatic nitrogens is 4. The van der Waals surface area contributed by atoms with Gasteiger partial charge in [0.25, 0.3) is 5.56 Å². The van der Waals surface area contributed by atoms with Crippen molar-refractivity contribution in [2.45, 2.75) is 56.8 Å². The lowest BCUT2D eigenvalue weighted by atomic mass is 9.94. The molecule has 0 radical (unpaired) electrons. The van der Waals surface area contributed by atoms with Crippen LogP contribution in [0.4, 0.5) is 0 Å². The zero-order chi connectivity index (χ0) is 21.1. The molecule has 1 aliphatic rings. The molecule has 3 aromatic rings. The molecule has 1 saturated carbocycles. The van der Waals surface area contributed by atoms with E-state index in [1.54, 1.807) is 16.7 Å². The van der Waals surface area contributed by atoms with E-state index in [9.17, 15) is 9.59 Å². The van der Waals surface area contributed by atoms with E-state index >= 15 is 0 Å². The molecular weight excluding hydrogens is 398 g/mol. The first-order chi connectivity index (χ1) is 14.7. The average Bonchev–Trinajstić information content (AvgIpc) is 3.20. The standard InChI is InChI=1S/C22H27N5O2S/c1-3-14-26-20(29)17-12-8-9-13-18(17)27-21(26)23-24-22(27)30-15-19(28)25(4-2)16-10-6-5-7-11-16/h3,8-9,12-13,16H,1,4-7,10-11,14-15H2,2H3. The highest BCUT2D eigenvalue weighted by molar-refractivity contribution is 7.99. The molecule has 7 nitrogen and oxygen atoms in total. The van der Waals surface area contributed by atoms with E-state index in [1.165, 1.54) is 31.0 Å². The number of carbonyl (C=O) groups excluding carboxylic acids is 1. The fraction of sp³-hybridized carbons (Fsp3) is 0.455. The quantitative estimate of drug-likeness (QED) is 0.428. The van der Waals surface area contributed by atoms with Crippen molar-refractivity contribution >= 4 is 34.3 Å². The second-order valence-electron chi connectivity index (χ2n) is 7.60. The summed E-state index contributed by atoms with van der Waals surface area (Å²) in [4.78, 5) is 27.9. The van der Waals surface area contributed by atoms with E-state index in [0.29, 0.717) is 34.7 Å². The molecule has 1 aromatic carbocycles. The van der Waals surface area contributed by atoms with Gasteiger partial charge in [0.1, 0.15) is 0 Å². The Morgan fingerprint density at radius 1 is 1.27 bits per heavy atom. The van der Waals surface area contributed by atoms with Crippen molar-refractivity contribution in [1.82, 2.24) is 24.1 Å². The predicted octanol–water partition coefficient (Wildman–Crippen LogP) is 3.50. The Hall–Kier alpha value is -2.61. The van der Waals surface area contributed by atoms with E-state index < -0.39 is 0 Å². The first-order valence-electron chi connectivity index (χ1n) is 10.6. The van der Waals surface area contributed by atoms with Gasteiger partial charge in [0.15, 0.2) is 5.16 Å². The molecule has 0 unspecified atom stereocenters. The van der Waals surface area contributed by atoms with Gasteiger partial charge in [-0.1, -0.05) is 49.2 Å². The third-order valence-electron chi connectivity index (χ3n) is 5.79. The zero-order valence-electron chi connectivity index (χ0n) is 17.3. The van der Waals surface area contributed by atoms with Crippen molar-refractivity contribution in [3.63, 3.8) is 0 Å². The summed E-state index contributed by atoms with van der Waals surface area (Å²) in [6.07, 6.45) is 7.52. The van der Waals surface area contributed by atoms with Crippen LogP contribution in [0.5, 0.6) is 0 Å². The van der Waals surface area contributed by atoms with Crippen LogP contribution in [0.25, 0.3) is 16.7 Å². The number of thioether (sulfide) groups is 1. The first kappa shape index (κ1) is 20.7. The topological polar surface area (TPSA) is 72.5 Å². The van der Waals surface area contributed by atoms with Crippen molar-refractivity contribution in [2.75, 3.05) is 12.3 Å². The number of benzene rings is 1. The zero-order valence-corrected chi connectivity index (χ0v) is 18.1. The number of fused-ring (bicyclic) bond motifs is 3. The van der Waals surface area contributed by atoms with Crippen LogP contribution in [0.3, 0.4) is 0 Å². The molecule has 30 heavy (non-hydrogen) atoms. The smallest absolute Gasteiger partial charge is 0.263 e. The predicted molar refractivity (Wildman–Crippen MR) is 120 cm³/mol. The fourth-order valence-corrected chi connectivity index (χ4v) is 5.19. The third-order valence-corrected chi connectivity index (χ3v) is 6.70. The fourth-order valence-electron chi connectivity index (χ4n) is 4.36. The highest BCUT2D eigenvalue weighted by Crippen LogP contribution is 2.25. The largest absolute Gasteiger partial charge is 0.339 e. The van der Waals surface area contributed by atoms with E-state index in [-0.39, 0.29) is 11.5 Å². The molecule has 0 aliphatic heterocycles. The molecule has 1 fully saturated rings. The molecule has 1 amide bonds. The summed E-state index contributed by atoms with van der Waals surface area (Å²) in [7, 11) is 0. The van der Waals surface area contributed by atoms with Crippen LogP contribution in [-0.2, 0) is 11.3 Å². The number of rotatable bonds is 7. The Bertz CT molecular complexity index is 1130. The minimum absolute atomic E-state index is 0.118. The van der Waals surface area contributed by atoms with Crippen molar-refractivity contribution in [3.05, 3.63) is 47.3 Å². The summed E-state index contributed by atoms with van der Waals surface area (Å²) in [5, 5.41) is 9.79. The van der Waals surface area contributed by atoms with E-state index in [0.717, 1.165) is 24.9 Å². The molecule has 0 N–H and O–H groups in total. The summed E-state index contributed by atoms with van der Waals surface area (Å²) in [5.41, 5.74) is 0.630. The first-order valence-corrected chi connectivity index (χ1v) is 11.5. The van der Waals surface area contributed by atoms with Gasteiger partial charge in [-0.05, 0) is 31.9 Å². The van der Waals surface area contributed by atoms with Crippen molar-refractivity contribution in [3.8, 4) is 0 Å². The highest BCUT2D eigenvalue weighted by Gasteiger charge is 2.25. The molecular formula is C22H27N5O2S. The lowest BCUT2D eigenvalue weighted by Crippen LogP contribution is -2.42. The van der Waals surface area contributed by atoms with Crippen LogP contribution < -0.4 is 5.56 Å². The number of hydrogen-bond donors (Lipinski definition) is 0. The van der Waals surface area contributed by atoms with Crippen LogP contribution >= 0.6 is 11.8 Å². The Balaban J connectivity index is 1.66. The molecule has 158 valence electrons. The van der Waals surface area contributed by atoms with E-state index in [2.05, 4.69) is 16.8 Å². The molecule has 2 heterocycles. The molecule has 0 bridgehead atoms. The van der Waals surface area contributed by atoms with Gasteiger partial charge in [0.2, 0.25) is 11.7 Å². The third kappa shape index (κ3) is 3.76. The van der Waals surface area contributed by atoms with Crippen molar-refractivity contribution in [2.24, 2.45) is 0 Å². The number of nitrogens with zero attached hydrogens (tertiary/aromatic N) is 5. The van der Waals surface area contributed by atoms with Crippen LogP contribution in [0, 0.1) is 0 Å². The minimum Gasteiger partial charge on any atom is -0.339 e. The van der Waals surface area contributed by atoms with Crippen LogP contribution in [0.2, 0.25) is 0 Å². The van der Waals surface area contributed by atoms with Gasteiger partial charge in [-0.15, -0.1) is 16.8 Å². The van der Waals surface area contributed by atoms with Crippen molar-refractivity contribution < 1.29 is 4.79 Å². The highest BCUT2D eigenvalue weighted by atomic mass is 32.2. The summed E-state index contributed by atoms with van der Waals surface area (Å²) >= 11 is 1.38. The van der Waals surface area contributed by atoms with Crippen LogP contribution in [0.15, 0.2) is 46.9 Å². The molecule has 1 aliphatic carbocycles. The van der Waals surface area contributed by atoms with Gasteiger partial charge >= 0.3 is 0 Å². The van der Waals surface area contributed by atoms with E-state index in [1.807, 2.05) is 34.4 Å². The Morgan fingerprint density at radius 2 is 2.03 bits per heavy atom. The van der Waals surface area contributed by atoms with Gasteiger partial charge in [-0.25, -0.2) is 0 Å². The summed E-state index contributed by atoms with van der Waals surface area (Å²) in [5.74, 6) is 0.906. The maximum absolute atomic E-state index is 13.0. The van der Waals surface area contributed by atoms with Crippen LogP contribution in [0.1, 0.15) is 39.0 Å². The molecule has 0 saturated heterocycles. The summed E-state index contributed by atoms with van der Waals surface area (Å²) in [6.45, 7) is 6.87. The van der Waals surface area contributed by atoms with Gasteiger partial charge < -0.3 is 4.90 Å². The SMILES string of the molecule is C=CCn1c(=O)c2ccccc2n2c(SCC(=O)N(CC)C3CCCCC3)nnc12. The van der Waals surface area contributed by atoms with Gasteiger partial charge in [0, 0.05) is 19.1 Å². The number of carbonyl (C=O) groups is 1. The maximum atomic E-state index is 13.0. The van der Waals surface area contributed by atoms with Crippen molar-refractivity contribution in [1.29, 1.82) is 0 Å².